The van der Waals surface area contributed by atoms with E-state index in [9.17, 15) is 4.79 Å². The first-order chi connectivity index (χ1) is 14.8. The first-order valence-corrected chi connectivity index (χ1v) is 10.9. The first kappa shape index (κ1) is 20.4. The lowest BCUT2D eigenvalue weighted by molar-refractivity contribution is 0.198. The van der Waals surface area contributed by atoms with Crippen molar-refractivity contribution in [3.05, 3.63) is 94.5 Å². The third kappa shape index (κ3) is 4.98. The fraction of sp³-hybridized carbons (Fsp3) is 0.296. The Morgan fingerprint density at radius 3 is 2.10 bits per heavy atom. The Bertz CT molecular complexity index is 1130. The van der Waals surface area contributed by atoms with Crippen LogP contribution in [0.1, 0.15) is 36.8 Å². The number of fused-ring (bicyclic) bond motifs is 5. The summed E-state index contributed by atoms with van der Waals surface area (Å²) in [6, 6.07) is 22.6. The highest BCUT2D eigenvalue weighted by Gasteiger charge is 2.13. The van der Waals surface area contributed by atoms with Crippen LogP contribution in [-0.4, -0.2) is 13.2 Å². The van der Waals surface area contributed by atoms with Crippen molar-refractivity contribution < 1.29 is 9.15 Å². The number of ether oxygens (including phenoxy) is 1. The van der Waals surface area contributed by atoms with Gasteiger partial charge in [0.15, 0.2) is 0 Å². The highest BCUT2D eigenvalue weighted by Crippen LogP contribution is 2.33. The molecule has 2 aliphatic rings. The zero-order chi connectivity index (χ0) is 20.6. The van der Waals surface area contributed by atoms with E-state index >= 15 is 0 Å². The van der Waals surface area contributed by atoms with E-state index in [0.717, 1.165) is 13.2 Å². The van der Waals surface area contributed by atoms with Crippen molar-refractivity contribution >= 4 is 21.5 Å². The maximum atomic E-state index is 10.1. The SMILES string of the molecule is C1CCOC1.O=c1cccco1.c1ccc2c(c1)ccc1c3c(ccc12)CCCC3. The Morgan fingerprint density at radius 2 is 1.40 bits per heavy atom. The molecule has 0 atom stereocenters. The minimum Gasteiger partial charge on any atom is -0.431 e. The second-order valence-electron chi connectivity index (χ2n) is 7.74. The molecule has 2 heterocycles. The molecule has 0 bridgehead atoms. The Morgan fingerprint density at radius 1 is 0.633 bits per heavy atom. The van der Waals surface area contributed by atoms with Crippen LogP contribution in [-0.2, 0) is 17.6 Å². The molecule has 6 rings (SSSR count). The van der Waals surface area contributed by atoms with Gasteiger partial charge in [-0.05, 0) is 77.3 Å². The second-order valence-corrected chi connectivity index (χ2v) is 7.74. The average molecular weight is 401 g/mol. The Hall–Kier alpha value is -2.91. The van der Waals surface area contributed by atoms with E-state index < -0.39 is 0 Å². The summed E-state index contributed by atoms with van der Waals surface area (Å²) in [4.78, 5) is 10.1. The monoisotopic (exact) mass is 400 g/mol. The summed E-state index contributed by atoms with van der Waals surface area (Å²) >= 11 is 0. The summed E-state index contributed by atoms with van der Waals surface area (Å²) in [7, 11) is 0. The smallest absolute Gasteiger partial charge is 0.335 e. The fourth-order valence-electron chi connectivity index (χ4n) is 4.18. The molecule has 1 aromatic heterocycles. The summed E-state index contributed by atoms with van der Waals surface area (Å²) in [5.41, 5.74) is 2.87. The quantitative estimate of drug-likeness (QED) is 0.325. The lowest BCUT2D eigenvalue weighted by Gasteiger charge is -2.18. The molecule has 3 heteroatoms. The molecule has 0 radical (unpaired) electrons. The molecular weight excluding hydrogens is 372 g/mol. The molecule has 0 amide bonds. The summed E-state index contributed by atoms with van der Waals surface area (Å²) in [5, 5.41) is 5.64. The summed E-state index contributed by atoms with van der Waals surface area (Å²) in [5.74, 6) is 0. The van der Waals surface area contributed by atoms with Crippen LogP contribution in [0, 0.1) is 0 Å². The molecule has 0 unspecified atom stereocenters. The van der Waals surface area contributed by atoms with Crippen LogP contribution in [0.25, 0.3) is 21.5 Å². The Balaban J connectivity index is 0.000000149. The maximum absolute atomic E-state index is 10.1. The zero-order valence-corrected chi connectivity index (χ0v) is 17.3. The molecule has 3 nitrogen and oxygen atoms in total. The van der Waals surface area contributed by atoms with Gasteiger partial charge in [-0.1, -0.05) is 54.6 Å². The number of hydrogen-bond donors (Lipinski definition) is 0. The zero-order valence-electron chi connectivity index (χ0n) is 17.3. The molecule has 30 heavy (non-hydrogen) atoms. The van der Waals surface area contributed by atoms with Crippen LogP contribution in [0.4, 0.5) is 0 Å². The van der Waals surface area contributed by atoms with Crippen LogP contribution in [0.15, 0.2) is 82.2 Å². The number of benzene rings is 3. The molecule has 1 aliphatic carbocycles. The molecule has 3 aromatic carbocycles. The van der Waals surface area contributed by atoms with Crippen LogP contribution in [0.5, 0.6) is 0 Å². The predicted octanol–water partition coefficient (Wildman–Crippen LogP) is 6.31. The van der Waals surface area contributed by atoms with Crippen molar-refractivity contribution in [2.24, 2.45) is 0 Å². The van der Waals surface area contributed by atoms with Crippen molar-refractivity contribution in [1.29, 1.82) is 0 Å². The molecule has 1 saturated heterocycles. The van der Waals surface area contributed by atoms with Crippen LogP contribution in [0.2, 0.25) is 0 Å². The normalized spacial score (nSPS) is 14.9. The van der Waals surface area contributed by atoms with Gasteiger partial charge in [-0.25, -0.2) is 4.79 Å². The van der Waals surface area contributed by atoms with Gasteiger partial charge >= 0.3 is 5.63 Å². The van der Waals surface area contributed by atoms with E-state index in [0.29, 0.717) is 0 Å². The van der Waals surface area contributed by atoms with Gasteiger partial charge in [0, 0.05) is 19.3 Å². The predicted molar refractivity (Wildman–Crippen MR) is 123 cm³/mol. The Kier molecular flexibility index (Phi) is 6.94. The van der Waals surface area contributed by atoms with Crippen molar-refractivity contribution in [2.45, 2.75) is 38.5 Å². The number of rotatable bonds is 0. The van der Waals surface area contributed by atoms with E-state index in [1.807, 2.05) is 0 Å². The minimum absolute atomic E-state index is 0.303. The summed E-state index contributed by atoms with van der Waals surface area (Å²) in [6.45, 7) is 2.00. The highest BCUT2D eigenvalue weighted by molar-refractivity contribution is 6.08. The molecule has 0 N–H and O–H groups in total. The molecular formula is C27H28O3. The largest absolute Gasteiger partial charge is 0.431 e. The van der Waals surface area contributed by atoms with E-state index in [1.165, 1.54) is 72.4 Å². The lowest BCUT2D eigenvalue weighted by Crippen LogP contribution is -2.02. The number of hydrogen-bond acceptors (Lipinski definition) is 3. The standard InChI is InChI=1S/C18H16.C5H4O2.C4H8O/c1-3-7-15-13(5-1)9-11-18-16-8-4-2-6-14(16)10-12-17(15)18;6-5-3-1-2-4-7-5;1-2-4-5-3-1/h1,3,5,7,9-12H,2,4,6,8H2;1-4H;1-4H2. The van der Waals surface area contributed by atoms with Gasteiger partial charge in [0.25, 0.3) is 0 Å². The van der Waals surface area contributed by atoms with E-state index in [1.54, 1.807) is 23.3 Å². The van der Waals surface area contributed by atoms with E-state index in [2.05, 4.69) is 52.9 Å². The fourth-order valence-corrected chi connectivity index (χ4v) is 4.18. The third-order valence-corrected chi connectivity index (χ3v) is 5.69. The van der Waals surface area contributed by atoms with Crippen molar-refractivity contribution in [3.63, 3.8) is 0 Å². The van der Waals surface area contributed by atoms with Crippen molar-refractivity contribution in [2.75, 3.05) is 13.2 Å². The molecule has 0 saturated carbocycles. The van der Waals surface area contributed by atoms with Crippen LogP contribution >= 0.6 is 0 Å². The lowest BCUT2D eigenvalue weighted by atomic mass is 9.86. The van der Waals surface area contributed by atoms with Gasteiger partial charge in [0.2, 0.25) is 0 Å². The van der Waals surface area contributed by atoms with Crippen LogP contribution in [0.3, 0.4) is 0 Å². The van der Waals surface area contributed by atoms with Crippen LogP contribution < -0.4 is 5.63 Å². The van der Waals surface area contributed by atoms with Gasteiger partial charge in [-0.2, -0.15) is 0 Å². The van der Waals surface area contributed by atoms with Gasteiger partial charge < -0.3 is 9.15 Å². The molecule has 0 spiro atoms. The highest BCUT2D eigenvalue weighted by atomic mass is 16.5. The van der Waals surface area contributed by atoms with E-state index in [-0.39, 0.29) is 5.63 Å². The van der Waals surface area contributed by atoms with Gasteiger partial charge in [-0.15, -0.1) is 0 Å². The summed E-state index contributed by atoms with van der Waals surface area (Å²) in [6.07, 6.45) is 9.12. The third-order valence-electron chi connectivity index (χ3n) is 5.69. The number of aryl methyl sites for hydroxylation is 2. The first-order valence-electron chi connectivity index (χ1n) is 10.9. The molecule has 1 aliphatic heterocycles. The second kappa shape index (κ2) is 10.2. The van der Waals surface area contributed by atoms with Crippen molar-refractivity contribution in [1.82, 2.24) is 0 Å². The average Bonchev–Trinajstić information content (AvgIpc) is 3.40. The molecule has 154 valence electrons. The van der Waals surface area contributed by atoms with Crippen molar-refractivity contribution in [3.8, 4) is 0 Å². The minimum atomic E-state index is -0.303. The Labute approximate surface area is 177 Å². The summed E-state index contributed by atoms with van der Waals surface area (Å²) < 4.78 is 9.32. The molecule has 4 aromatic rings. The van der Waals surface area contributed by atoms with E-state index in [4.69, 9.17) is 4.74 Å². The molecule has 1 fully saturated rings. The topological polar surface area (TPSA) is 39.4 Å². The van der Waals surface area contributed by atoms with Gasteiger partial charge in [0.1, 0.15) is 0 Å². The van der Waals surface area contributed by atoms with Gasteiger partial charge in [0.05, 0.1) is 6.26 Å². The maximum Gasteiger partial charge on any atom is 0.335 e. The van der Waals surface area contributed by atoms with Gasteiger partial charge in [-0.3, -0.25) is 0 Å².